The van der Waals surface area contributed by atoms with Crippen molar-refractivity contribution < 1.29 is 4.42 Å². The van der Waals surface area contributed by atoms with Crippen molar-refractivity contribution in [1.29, 1.82) is 0 Å². The molecule has 2 rings (SSSR count). The Labute approximate surface area is 146 Å². The van der Waals surface area contributed by atoms with Crippen LogP contribution in [0.1, 0.15) is 12.2 Å². The zero-order valence-electron chi connectivity index (χ0n) is 11.9. The SMILES string of the molecule is CNCCCNCc1ccc(-c2ccc(Br)cc2)o1.Cl.Cl. The summed E-state index contributed by atoms with van der Waals surface area (Å²) in [5.74, 6) is 1.89. The molecule has 0 atom stereocenters. The highest BCUT2D eigenvalue weighted by atomic mass is 79.9. The highest BCUT2D eigenvalue weighted by Crippen LogP contribution is 2.23. The maximum absolute atomic E-state index is 5.82. The molecule has 1 aromatic heterocycles. The highest BCUT2D eigenvalue weighted by Gasteiger charge is 2.04. The van der Waals surface area contributed by atoms with E-state index < -0.39 is 0 Å². The summed E-state index contributed by atoms with van der Waals surface area (Å²) in [4.78, 5) is 0. The lowest BCUT2D eigenvalue weighted by atomic mass is 10.2. The molecule has 2 N–H and O–H groups in total. The van der Waals surface area contributed by atoms with Crippen molar-refractivity contribution in [1.82, 2.24) is 10.6 Å². The monoisotopic (exact) mass is 394 g/mol. The molecule has 21 heavy (non-hydrogen) atoms. The minimum absolute atomic E-state index is 0. The van der Waals surface area contributed by atoms with Gasteiger partial charge in [0.15, 0.2) is 0 Å². The predicted molar refractivity (Wildman–Crippen MR) is 96.6 cm³/mol. The standard InChI is InChI=1S/C15H19BrN2O.2ClH/c1-17-9-2-10-18-11-14-7-8-15(19-14)12-3-5-13(16)6-4-12;;/h3-8,17-18H,2,9-11H2,1H3;2*1H. The molecule has 0 fully saturated rings. The Balaban J connectivity index is 0.00000200. The number of rotatable bonds is 7. The Kier molecular flexibility index (Phi) is 10.8. The van der Waals surface area contributed by atoms with Gasteiger partial charge in [0.25, 0.3) is 0 Å². The van der Waals surface area contributed by atoms with Crippen LogP contribution in [-0.2, 0) is 6.54 Å². The molecular formula is C15H21BrCl2N2O. The largest absolute Gasteiger partial charge is 0.460 e. The van der Waals surface area contributed by atoms with E-state index in [1.165, 1.54) is 0 Å². The van der Waals surface area contributed by atoms with Crippen molar-refractivity contribution in [2.75, 3.05) is 20.1 Å². The zero-order valence-corrected chi connectivity index (χ0v) is 15.1. The molecule has 0 radical (unpaired) electrons. The summed E-state index contributed by atoms with van der Waals surface area (Å²) >= 11 is 3.43. The van der Waals surface area contributed by atoms with E-state index in [9.17, 15) is 0 Å². The van der Waals surface area contributed by atoms with E-state index in [4.69, 9.17) is 4.42 Å². The third-order valence-corrected chi connectivity index (χ3v) is 3.40. The predicted octanol–water partition coefficient (Wildman–Crippen LogP) is 4.25. The van der Waals surface area contributed by atoms with Crippen molar-refractivity contribution in [3.05, 3.63) is 46.6 Å². The molecule has 0 saturated heterocycles. The summed E-state index contributed by atoms with van der Waals surface area (Å²) in [6.07, 6.45) is 1.12. The first-order chi connectivity index (χ1) is 9.29. The second-order valence-electron chi connectivity index (χ2n) is 4.41. The molecule has 1 aromatic carbocycles. The molecule has 0 spiro atoms. The van der Waals surface area contributed by atoms with E-state index >= 15 is 0 Å². The van der Waals surface area contributed by atoms with Gasteiger partial charge in [0.2, 0.25) is 0 Å². The van der Waals surface area contributed by atoms with E-state index in [1.54, 1.807) is 0 Å². The first-order valence-electron chi connectivity index (χ1n) is 6.49. The summed E-state index contributed by atoms with van der Waals surface area (Å²) in [6.45, 7) is 2.81. The number of hydrogen-bond donors (Lipinski definition) is 2. The molecule has 0 aliphatic carbocycles. The average Bonchev–Trinajstić information content (AvgIpc) is 2.88. The number of hydrogen-bond acceptors (Lipinski definition) is 3. The normalized spacial score (nSPS) is 9.81. The lowest BCUT2D eigenvalue weighted by Crippen LogP contribution is -2.19. The molecular weight excluding hydrogens is 375 g/mol. The topological polar surface area (TPSA) is 37.2 Å². The molecule has 0 aliphatic rings. The quantitative estimate of drug-likeness (QED) is 0.688. The van der Waals surface area contributed by atoms with E-state index in [-0.39, 0.29) is 24.8 Å². The van der Waals surface area contributed by atoms with Crippen molar-refractivity contribution in [2.45, 2.75) is 13.0 Å². The molecule has 6 heteroatoms. The fraction of sp³-hybridized carbons (Fsp3) is 0.333. The fourth-order valence-corrected chi connectivity index (χ4v) is 2.11. The third kappa shape index (κ3) is 6.85. The Morgan fingerprint density at radius 2 is 1.71 bits per heavy atom. The first kappa shape index (κ1) is 20.5. The maximum Gasteiger partial charge on any atom is 0.134 e. The number of halogens is 3. The molecule has 2 aromatic rings. The molecule has 0 amide bonds. The van der Waals surface area contributed by atoms with Crippen LogP contribution in [0.2, 0.25) is 0 Å². The van der Waals surface area contributed by atoms with Gasteiger partial charge in [-0.25, -0.2) is 0 Å². The van der Waals surface area contributed by atoms with Crippen LogP contribution in [0.15, 0.2) is 45.3 Å². The Bertz CT molecular complexity index is 503. The fourth-order valence-electron chi connectivity index (χ4n) is 1.84. The summed E-state index contributed by atoms with van der Waals surface area (Å²) in [5.41, 5.74) is 1.10. The summed E-state index contributed by atoms with van der Waals surface area (Å²) in [7, 11) is 1.97. The smallest absolute Gasteiger partial charge is 0.134 e. The average molecular weight is 396 g/mol. The molecule has 1 heterocycles. The van der Waals surface area contributed by atoms with Gasteiger partial charge in [-0.1, -0.05) is 28.1 Å². The van der Waals surface area contributed by atoms with E-state index in [0.29, 0.717) is 0 Å². The number of furan rings is 1. The van der Waals surface area contributed by atoms with Gasteiger partial charge in [-0.2, -0.15) is 0 Å². The molecule has 0 aliphatic heterocycles. The van der Waals surface area contributed by atoms with Crippen molar-refractivity contribution in [3.63, 3.8) is 0 Å². The van der Waals surface area contributed by atoms with Crippen LogP contribution in [0.5, 0.6) is 0 Å². The van der Waals surface area contributed by atoms with Crippen LogP contribution in [0.25, 0.3) is 11.3 Å². The van der Waals surface area contributed by atoms with Crippen LogP contribution in [0.4, 0.5) is 0 Å². The van der Waals surface area contributed by atoms with E-state index in [2.05, 4.69) is 26.6 Å². The second-order valence-corrected chi connectivity index (χ2v) is 5.32. The molecule has 0 saturated carbocycles. The second kappa shape index (κ2) is 11.1. The molecule has 0 unspecified atom stereocenters. The van der Waals surface area contributed by atoms with Gasteiger partial charge in [-0.15, -0.1) is 24.8 Å². The van der Waals surface area contributed by atoms with Crippen LogP contribution >= 0.6 is 40.7 Å². The minimum Gasteiger partial charge on any atom is -0.460 e. The zero-order chi connectivity index (χ0) is 13.5. The number of nitrogens with one attached hydrogen (secondary N) is 2. The summed E-state index contributed by atoms with van der Waals surface area (Å²) in [5, 5.41) is 6.50. The highest BCUT2D eigenvalue weighted by molar-refractivity contribution is 9.10. The summed E-state index contributed by atoms with van der Waals surface area (Å²) in [6, 6.07) is 12.2. The Morgan fingerprint density at radius 1 is 1.00 bits per heavy atom. The van der Waals surface area contributed by atoms with Crippen molar-refractivity contribution in [3.8, 4) is 11.3 Å². The van der Waals surface area contributed by atoms with Gasteiger partial charge in [0, 0.05) is 10.0 Å². The minimum atomic E-state index is 0. The molecule has 0 bridgehead atoms. The van der Waals surface area contributed by atoms with Gasteiger partial charge in [-0.05, 0) is 50.8 Å². The van der Waals surface area contributed by atoms with E-state index in [0.717, 1.165) is 47.6 Å². The van der Waals surface area contributed by atoms with E-state index in [1.807, 2.05) is 43.4 Å². The molecule has 3 nitrogen and oxygen atoms in total. The third-order valence-electron chi connectivity index (χ3n) is 2.87. The Morgan fingerprint density at radius 3 is 2.38 bits per heavy atom. The van der Waals surface area contributed by atoms with Crippen molar-refractivity contribution in [2.24, 2.45) is 0 Å². The van der Waals surface area contributed by atoms with Gasteiger partial charge >= 0.3 is 0 Å². The van der Waals surface area contributed by atoms with Crippen molar-refractivity contribution >= 4 is 40.7 Å². The molecule has 118 valence electrons. The van der Waals surface area contributed by atoms with Crippen LogP contribution < -0.4 is 10.6 Å². The van der Waals surface area contributed by atoms with Crippen LogP contribution in [0, 0.1) is 0 Å². The van der Waals surface area contributed by atoms with Gasteiger partial charge < -0.3 is 15.1 Å². The first-order valence-corrected chi connectivity index (χ1v) is 7.29. The van der Waals surface area contributed by atoms with Gasteiger partial charge in [0.05, 0.1) is 6.54 Å². The maximum atomic E-state index is 5.82. The number of benzene rings is 1. The lowest BCUT2D eigenvalue weighted by Gasteiger charge is -2.02. The van der Waals surface area contributed by atoms with Crippen LogP contribution in [-0.4, -0.2) is 20.1 Å². The van der Waals surface area contributed by atoms with Gasteiger partial charge in [-0.3, -0.25) is 0 Å². The Hall–Kier alpha value is -0.520. The van der Waals surface area contributed by atoms with Gasteiger partial charge in [0.1, 0.15) is 11.5 Å². The lowest BCUT2D eigenvalue weighted by molar-refractivity contribution is 0.490. The summed E-state index contributed by atoms with van der Waals surface area (Å²) < 4.78 is 6.90. The van der Waals surface area contributed by atoms with Crippen LogP contribution in [0.3, 0.4) is 0 Å².